The minimum Gasteiger partial charge on any atom is -0.440 e. The van der Waals surface area contributed by atoms with Crippen LogP contribution in [0.3, 0.4) is 0 Å². The molecule has 2 N–H and O–H groups in total. The number of nitrogen functional groups attached to an aromatic ring is 1. The van der Waals surface area contributed by atoms with E-state index in [4.69, 9.17) is 10.2 Å². The number of benzene rings is 2. The summed E-state index contributed by atoms with van der Waals surface area (Å²) >= 11 is 0. The quantitative estimate of drug-likeness (QED) is 0.725. The van der Waals surface area contributed by atoms with Crippen LogP contribution in [0, 0.1) is 0 Å². The van der Waals surface area contributed by atoms with E-state index in [1.165, 1.54) is 5.56 Å². The fraction of sp³-hybridized carbons (Fsp3) is 0.235. The fourth-order valence-corrected chi connectivity index (χ4v) is 2.24. The van der Waals surface area contributed by atoms with Crippen molar-refractivity contribution in [3.63, 3.8) is 0 Å². The second-order valence-electron chi connectivity index (χ2n) is 5.41. The molecule has 0 unspecified atom stereocenters. The van der Waals surface area contributed by atoms with Gasteiger partial charge in [0, 0.05) is 12.1 Å². The lowest BCUT2D eigenvalue weighted by Gasteiger charge is -2.02. The summed E-state index contributed by atoms with van der Waals surface area (Å²) in [5.74, 6) is 1.24. The Bertz CT molecular complexity index is 726. The number of nitrogens with zero attached hydrogens (tertiary/aromatic N) is 1. The molecule has 3 aromatic rings. The molecule has 0 amide bonds. The lowest BCUT2D eigenvalue weighted by Crippen LogP contribution is -1.90. The van der Waals surface area contributed by atoms with E-state index < -0.39 is 0 Å². The third kappa shape index (κ3) is 2.52. The van der Waals surface area contributed by atoms with E-state index in [0.29, 0.717) is 12.3 Å². The molecule has 102 valence electrons. The standard InChI is InChI=1S/C17H18N2O/c1-11(2)13-5-8-16-15(10-13)19-17(20-16)9-12-3-6-14(18)7-4-12/h3-8,10-11H,9,18H2,1-2H3. The molecule has 3 rings (SSSR count). The highest BCUT2D eigenvalue weighted by molar-refractivity contribution is 5.73. The van der Waals surface area contributed by atoms with Crippen LogP contribution in [0.4, 0.5) is 5.69 Å². The number of hydrogen-bond donors (Lipinski definition) is 1. The predicted molar refractivity (Wildman–Crippen MR) is 81.8 cm³/mol. The molecule has 3 heteroatoms. The summed E-state index contributed by atoms with van der Waals surface area (Å²) in [4.78, 5) is 4.58. The third-order valence-corrected chi connectivity index (χ3v) is 3.46. The monoisotopic (exact) mass is 266 g/mol. The summed E-state index contributed by atoms with van der Waals surface area (Å²) < 4.78 is 5.79. The zero-order valence-electron chi connectivity index (χ0n) is 11.8. The number of aromatic nitrogens is 1. The molecule has 0 aliphatic rings. The Labute approximate surface area is 118 Å². The lowest BCUT2D eigenvalue weighted by atomic mass is 10.0. The summed E-state index contributed by atoms with van der Waals surface area (Å²) in [5, 5.41) is 0. The second kappa shape index (κ2) is 5.00. The number of anilines is 1. The Morgan fingerprint density at radius 3 is 2.55 bits per heavy atom. The van der Waals surface area contributed by atoms with Crippen LogP contribution in [-0.4, -0.2) is 4.98 Å². The van der Waals surface area contributed by atoms with Gasteiger partial charge in [-0.3, -0.25) is 0 Å². The molecule has 0 radical (unpaired) electrons. The van der Waals surface area contributed by atoms with E-state index in [1.54, 1.807) is 0 Å². The molecule has 1 aromatic heterocycles. The Morgan fingerprint density at radius 2 is 1.85 bits per heavy atom. The van der Waals surface area contributed by atoms with Gasteiger partial charge in [-0.2, -0.15) is 0 Å². The van der Waals surface area contributed by atoms with Gasteiger partial charge in [0.05, 0.1) is 0 Å². The van der Waals surface area contributed by atoms with Gasteiger partial charge in [-0.25, -0.2) is 4.98 Å². The largest absolute Gasteiger partial charge is 0.440 e. The van der Waals surface area contributed by atoms with E-state index >= 15 is 0 Å². The first-order valence-corrected chi connectivity index (χ1v) is 6.85. The van der Waals surface area contributed by atoms with Crippen LogP contribution in [-0.2, 0) is 6.42 Å². The van der Waals surface area contributed by atoms with Gasteiger partial charge in [0.1, 0.15) is 5.52 Å². The smallest absolute Gasteiger partial charge is 0.199 e. The first-order valence-electron chi connectivity index (χ1n) is 6.85. The van der Waals surface area contributed by atoms with Crippen molar-refractivity contribution in [1.82, 2.24) is 4.98 Å². The number of nitrogens with two attached hydrogens (primary N) is 1. The molecule has 1 heterocycles. The molecular formula is C17H18N2O. The van der Waals surface area contributed by atoms with Crippen LogP contribution >= 0.6 is 0 Å². The molecule has 0 aliphatic heterocycles. The van der Waals surface area contributed by atoms with Crippen molar-refractivity contribution in [2.45, 2.75) is 26.2 Å². The highest BCUT2D eigenvalue weighted by Gasteiger charge is 2.08. The van der Waals surface area contributed by atoms with Crippen molar-refractivity contribution in [3.05, 3.63) is 59.5 Å². The zero-order valence-corrected chi connectivity index (χ0v) is 11.8. The Kier molecular flexibility index (Phi) is 3.18. The van der Waals surface area contributed by atoms with Crippen LogP contribution in [0.2, 0.25) is 0 Å². The van der Waals surface area contributed by atoms with E-state index in [2.05, 4.69) is 31.0 Å². The Hall–Kier alpha value is -2.29. The number of fused-ring (bicyclic) bond motifs is 1. The van der Waals surface area contributed by atoms with Crippen molar-refractivity contribution in [3.8, 4) is 0 Å². The molecule has 0 saturated heterocycles. The van der Waals surface area contributed by atoms with Gasteiger partial charge in [0.15, 0.2) is 11.5 Å². The normalized spacial score (nSPS) is 11.3. The van der Waals surface area contributed by atoms with Crippen LogP contribution in [0.25, 0.3) is 11.1 Å². The molecule has 3 nitrogen and oxygen atoms in total. The van der Waals surface area contributed by atoms with Gasteiger partial charge in [0.25, 0.3) is 0 Å². The first-order chi connectivity index (χ1) is 9.61. The highest BCUT2D eigenvalue weighted by atomic mass is 16.3. The molecule has 0 spiro atoms. The Balaban J connectivity index is 1.90. The van der Waals surface area contributed by atoms with Gasteiger partial charge in [-0.15, -0.1) is 0 Å². The van der Waals surface area contributed by atoms with Crippen molar-refractivity contribution in [2.24, 2.45) is 0 Å². The lowest BCUT2D eigenvalue weighted by molar-refractivity contribution is 0.544. The Morgan fingerprint density at radius 1 is 1.10 bits per heavy atom. The molecule has 0 aliphatic carbocycles. The van der Waals surface area contributed by atoms with E-state index in [0.717, 1.165) is 28.2 Å². The molecule has 0 fully saturated rings. The number of rotatable bonds is 3. The van der Waals surface area contributed by atoms with Gasteiger partial charge in [-0.1, -0.05) is 32.0 Å². The zero-order chi connectivity index (χ0) is 14.1. The van der Waals surface area contributed by atoms with Gasteiger partial charge in [0.2, 0.25) is 0 Å². The maximum absolute atomic E-state index is 5.79. The summed E-state index contributed by atoms with van der Waals surface area (Å²) in [6.45, 7) is 4.35. The minimum atomic E-state index is 0.497. The van der Waals surface area contributed by atoms with E-state index in [1.807, 2.05) is 30.3 Å². The average Bonchev–Trinajstić information content (AvgIpc) is 2.82. The summed E-state index contributed by atoms with van der Waals surface area (Å²) in [5.41, 5.74) is 10.7. The molecule has 20 heavy (non-hydrogen) atoms. The maximum atomic E-state index is 5.79. The third-order valence-electron chi connectivity index (χ3n) is 3.46. The van der Waals surface area contributed by atoms with Crippen LogP contribution in [0.15, 0.2) is 46.9 Å². The molecular weight excluding hydrogens is 248 g/mol. The second-order valence-corrected chi connectivity index (χ2v) is 5.41. The van der Waals surface area contributed by atoms with E-state index in [9.17, 15) is 0 Å². The summed E-state index contributed by atoms with van der Waals surface area (Å²) in [6.07, 6.45) is 0.686. The van der Waals surface area contributed by atoms with Gasteiger partial charge >= 0.3 is 0 Å². The van der Waals surface area contributed by atoms with Crippen molar-refractivity contribution >= 4 is 16.8 Å². The minimum absolute atomic E-state index is 0.497. The maximum Gasteiger partial charge on any atom is 0.199 e. The predicted octanol–water partition coefficient (Wildman–Crippen LogP) is 4.12. The molecule has 0 bridgehead atoms. The van der Waals surface area contributed by atoms with Crippen LogP contribution < -0.4 is 5.73 Å². The van der Waals surface area contributed by atoms with E-state index in [-0.39, 0.29) is 0 Å². The average molecular weight is 266 g/mol. The van der Waals surface area contributed by atoms with Crippen molar-refractivity contribution in [1.29, 1.82) is 0 Å². The van der Waals surface area contributed by atoms with Crippen LogP contribution in [0.5, 0.6) is 0 Å². The van der Waals surface area contributed by atoms with Crippen molar-refractivity contribution < 1.29 is 4.42 Å². The first kappa shape index (κ1) is 12.7. The summed E-state index contributed by atoms with van der Waals surface area (Å²) in [7, 11) is 0. The fourth-order valence-electron chi connectivity index (χ4n) is 2.24. The molecule has 0 atom stereocenters. The summed E-state index contributed by atoms with van der Waals surface area (Å²) in [6, 6.07) is 14.0. The topological polar surface area (TPSA) is 52.0 Å². The number of oxazole rings is 1. The highest BCUT2D eigenvalue weighted by Crippen LogP contribution is 2.23. The SMILES string of the molecule is CC(C)c1ccc2oc(Cc3ccc(N)cc3)nc2c1. The molecule has 0 saturated carbocycles. The molecule has 2 aromatic carbocycles. The number of hydrogen-bond acceptors (Lipinski definition) is 3. The van der Waals surface area contributed by atoms with Gasteiger partial charge < -0.3 is 10.2 Å². The van der Waals surface area contributed by atoms with Crippen molar-refractivity contribution in [2.75, 3.05) is 5.73 Å². The van der Waals surface area contributed by atoms with Gasteiger partial charge in [-0.05, 0) is 41.3 Å². The van der Waals surface area contributed by atoms with Crippen LogP contribution in [0.1, 0.15) is 36.8 Å².